The van der Waals surface area contributed by atoms with Crippen LogP contribution in [0.1, 0.15) is 75.3 Å². The fourth-order valence-electron chi connectivity index (χ4n) is 5.10. The molecule has 0 radical (unpaired) electrons. The molecule has 0 heterocycles. The highest BCUT2D eigenvalue weighted by molar-refractivity contribution is 5.29. The number of hydrogen-bond donors (Lipinski definition) is 0. The van der Waals surface area contributed by atoms with Crippen molar-refractivity contribution in [3.63, 3.8) is 0 Å². The fourth-order valence-corrected chi connectivity index (χ4v) is 5.10. The van der Waals surface area contributed by atoms with E-state index >= 15 is 0 Å². The molecule has 1 aromatic rings. The van der Waals surface area contributed by atoms with E-state index in [1.165, 1.54) is 32.1 Å². The van der Waals surface area contributed by atoms with Crippen LogP contribution in [0, 0.1) is 29.4 Å². The zero-order chi connectivity index (χ0) is 17.1. The van der Waals surface area contributed by atoms with Gasteiger partial charge in [-0.2, -0.15) is 0 Å². The molecule has 0 spiro atoms. The third-order valence-corrected chi connectivity index (χ3v) is 6.49. The SMILES string of the molecule is C=CCC[C@@H]1CC[C@@H]2CC(c3cc(F)c(CC)c(F)c3)CC[C@@H]2C1. The molecule has 2 aliphatic rings. The van der Waals surface area contributed by atoms with E-state index in [1.807, 2.05) is 6.08 Å². The predicted octanol–water partition coefficient (Wildman–Crippen LogP) is 6.79. The molecule has 0 aliphatic heterocycles. The maximum atomic E-state index is 14.1. The molecule has 2 aliphatic carbocycles. The predicted molar refractivity (Wildman–Crippen MR) is 96.1 cm³/mol. The first kappa shape index (κ1) is 17.6. The summed E-state index contributed by atoms with van der Waals surface area (Å²) in [7, 11) is 0. The van der Waals surface area contributed by atoms with Crippen LogP contribution in [0.4, 0.5) is 8.78 Å². The monoisotopic (exact) mass is 332 g/mol. The van der Waals surface area contributed by atoms with Gasteiger partial charge in [-0.15, -0.1) is 6.58 Å². The second-order valence-corrected chi connectivity index (χ2v) is 7.89. The van der Waals surface area contributed by atoms with Crippen LogP contribution >= 0.6 is 0 Å². The lowest BCUT2D eigenvalue weighted by Crippen LogP contribution is -2.30. The first-order valence-electron chi connectivity index (χ1n) is 9.71. The molecule has 1 aromatic carbocycles. The van der Waals surface area contributed by atoms with Gasteiger partial charge in [0, 0.05) is 5.56 Å². The Balaban J connectivity index is 1.65. The van der Waals surface area contributed by atoms with Gasteiger partial charge in [0.25, 0.3) is 0 Å². The zero-order valence-corrected chi connectivity index (χ0v) is 14.9. The lowest BCUT2D eigenvalue weighted by molar-refractivity contribution is 0.115. The number of halogens is 2. The quantitative estimate of drug-likeness (QED) is 0.520. The van der Waals surface area contributed by atoms with Gasteiger partial charge < -0.3 is 0 Å². The van der Waals surface area contributed by atoms with Gasteiger partial charge in [-0.1, -0.05) is 19.4 Å². The number of benzene rings is 1. The molecule has 0 saturated heterocycles. The van der Waals surface area contributed by atoms with Gasteiger partial charge in [0.15, 0.2) is 0 Å². The first-order valence-corrected chi connectivity index (χ1v) is 9.71. The summed E-state index contributed by atoms with van der Waals surface area (Å²) in [5.41, 5.74) is 1.12. The van der Waals surface area contributed by atoms with Gasteiger partial charge in [0.05, 0.1) is 0 Å². The van der Waals surface area contributed by atoms with E-state index in [2.05, 4.69) is 6.58 Å². The molecule has 2 saturated carbocycles. The number of rotatable bonds is 5. The Kier molecular flexibility index (Phi) is 5.73. The highest BCUT2D eigenvalue weighted by Gasteiger charge is 2.36. The van der Waals surface area contributed by atoms with E-state index in [0.29, 0.717) is 12.3 Å². The molecule has 2 heteroatoms. The van der Waals surface area contributed by atoms with Crippen molar-refractivity contribution in [1.29, 1.82) is 0 Å². The van der Waals surface area contributed by atoms with E-state index in [4.69, 9.17) is 0 Å². The molecule has 0 amide bonds. The Hall–Kier alpha value is -1.18. The summed E-state index contributed by atoms with van der Waals surface area (Å²) in [4.78, 5) is 0. The molecular weight excluding hydrogens is 302 g/mol. The molecular formula is C22H30F2. The molecule has 0 bridgehead atoms. The smallest absolute Gasteiger partial charge is 0.129 e. The fraction of sp³-hybridized carbons (Fsp3) is 0.636. The van der Waals surface area contributed by atoms with Gasteiger partial charge in [-0.25, -0.2) is 8.78 Å². The first-order chi connectivity index (χ1) is 11.6. The van der Waals surface area contributed by atoms with Gasteiger partial charge >= 0.3 is 0 Å². The normalized spacial score (nSPS) is 30.0. The van der Waals surface area contributed by atoms with Crippen LogP contribution in [-0.2, 0) is 6.42 Å². The Morgan fingerprint density at radius 1 is 1.04 bits per heavy atom. The number of allylic oxidation sites excluding steroid dienone is 1. The number of hydrogen-bond acceptors (Lipinski definition) is 0. The summed E-state index contributed by atoms with van der Waals surface area (Å²) in [6.07, 6.45) is 12.2. The Bertz CT molecular complexity index is 554. The van der Waals surface area contributed by atoms with Crippen molar-refractivity contribution < 1.29 is 8.78 Å². The van der Waals surface area contributed by atoms with Crippen LogP contribution in [-0.4, -0.2) is 0 Å². The van der Waals surface area contributed by atoms with Gasteiger partial charge in [0.2, 0.25) is 0 Å². The van der Waals surface area contributed by atoms with Crippen LogP contribution in [0.15, 0.2) is 24.8 Å². The van der Waals surface area contributed by atoms with E-state index in [-0.39, 0.29) is 17.2 Å². The van der Waals surface area contributed by atoms with Crippen molar-refractivity contribution in [1.82, 2.24) is 0 Å². The summed E-state index contributed by atoms with van der Waals surface area (Å²) >= 11 is 0. The van der Waals surface area contributed by atoms with Crippen molar-refractivity contribution in [2.45, 2.75) is 70.6 Å². The van der Waals surface area contributed by atoms with Gasteiger partial charge in [-0.3, -0.25) is 0 Å². The molecule has 2 fully saturated rings. The molecule has 3 rings (SSSR count). The minimum Gasteiger partial charge on any atom is -0.207 e. The van der Waals surface area contributed by atoms with E-state index < -0.39 is 0 Å². The van der Waals surface area contributed by atoms with Crippen LogP contribution < -0.4 is 0 Å². The topological polar surface area (TPSA) is 0 Å². The maximum Gasteiger partial charge on any atom is 0.129 e. The molecule has 0 N–H and O–H groups in total. The van der Waals surface area contributed by atoms with Crippen LogP contribution in [0.2, 0.25) is 0 Å². The van der Waals surface area contributed by atoms with Crippen molar-refractivity contribution in [2.24, 2.45) is 17.8 Å². The Morgan fingerprint density at radius 2 is 1.71 bits per heavy atom. The van der Waals surface area contributed by atoms with E-state index in [9.17, 15) is 8.78 Å². The summed E-state index contributed by atoms with van der Waals surface area (Å²) in [6, 6.07) is 3.20. The largest absolute Gasteiger partial charge is 0.207 e. The van der Waals surface area contributed by atoms with Crippen LogP contribution in [0.3, 0.4) is 0 Å². The molecule has 4 atom stereocenters. The van der Waals surface area contributed by atoms with Crippen LogP contribution in [0.25, 0.3) is 0 Å². The van der Waals surface area contributed by atoms with Crippen molar-refractivity contribution in [3.05, 3.63) is 47.5 Å². The van der Waals surface area contributed by atoms with Gasteiger partial charge in [0.1, 0.15) is 11.6 Å². The molecule has 0 nitrogen and oxygen atoms in total. The Labute approximate surface area is 145 Å². The van der Waals surface area contributed by atoms with Gasteiger partial charge in [-0.05, 0) is 92.7 Å². The minimum atomic E-state index is -0.359. The molecule has 132 valence electrons. The lowest BCUT2D eigenvalue weighted by Gasteiger charge is -2.42. The van der Waals surface area contributed by atoms with Crippen LogP contribution in [0.5, 0.6) is 0 Å². The molecule has 1 unspecified atom stereocenters. The minimum absolute atomic E-state index is 0.232. The molecule has 24 heavy (non-hydrogen) atoms. The number of fused-ring (bicyclic) bond motifs is 1. The second-order valence-electron chi connectivity index (χ2n) is 7.89. The average Bonchev–Trinajstić information content (AvgIpc) is 2.59. The third kappa shape index (κ3) is 3.73. The van der Waals surface area contributed by atoms with Crippen molar-refractivity contribution in [2.75, 3.05) is 0 Å². The summed E-state index contributed by atoms with van der Waals surface area (Å²) in [5.74, 6) is 2.06. The third-order valence-electron chi connectivity index (χ3n) is 6.49. The highest BCUT2D eigenvalue weighted by Crippen LogP contribution is 2.48. The van der Waals surface area contributed by atoms with E-state index in [0.717, 1.165) is 42.6 Å². The standard InChI is InChI=1S/C22H30F2/c1-3-5-6-15-7-8-17-12-18(10-9-16(17)11-15)19-13-21(23)20(4-2)22(24)14-19/h3,13-18H,1,4-12H2,2H3/t15-,16-,17-,18?/m1/s1. The Morgan fingerprint density at radius 3 is 2.38 bits per heavy atom. The summed E-state index contributed by atoms with van der Waals surface area (Å²) < 4.78 is 28.2. The lowest BCUT2D eigenvalue weighted by atomic mass is 9.63. The highest BCUT2D eigenvalue weighted by atomic mass is 19.1. The van der Waals surface area contributed by atoms with Crippen molar-refractivity contribution >= 4 is 0 Å². The zero-order valence-electron chi connectivity index (χ0n) is 14.9. The molecule has 0 aromatic heterocycles. The second kappa shape index (κ2) is 7.80. The van der Waals surface area contributed by atoms with Crippen molar-refractivity contribution in [3.8, 4) is 0 Å². The summed E-state index contributed by atoms with van der Waals surface area (Å²) in [6.45, 7) is 5.64. The van der Waals surface area contributed by atoms with E-state index in [1.54, 1.807) is 19.1 Å². The average molecular weight is 332 g/mol. The maximum absolute atomic E-state index is 14.1. The summed E-state index contributed by atoms with van der Waals surface area (Å²) in [5, 5.41) is 0.